The Morgan fingerprint density at radius 1 is 1.25 bits per heavy atom. The van der Waals surface area contributed by atoms with Gasteiger partial charge in [0.25, 0.3) is 0 Å². The second-order valence-electron chi connectivity index (χ2n) is 5.09. The van der Waals surface area contributed by atoms with Gasteiger partial charge in [-0.3, -0.25) is 4.98 Å². The van der Waals surface area contributed by atoms with Crippen LogP contribution in [0.25, 0.3) is 0 Å². The minimum absolute atomic E-state index is 0.214. The maximum absolute atomic E-state index is 14.1. The van der Waals surface area contributed by atoms with Gasteiger partial charge in [0.2, 0.25) is 0 Å². The van der Waals surface area contributed by atoms with Crippen molar-refractivity contribution in [3.05, 3.63) is 59.2 Å². The van der Waals surface area contributed by atoms with E-state index in [1.807, 2.05) is 50.1 Å². The van der Waals surface area contributed by atoms with Crippen molar-refractivity contribution in [2.24, 2.45) is 5.73 Å². The van der Waals surface area contributed by atoms with Crippen LogP contribution >= 0.6 is 0 Å². The van der Waals surface area contributed by atoms with Crippen molar-refractivity contribution in [1.29, 1.82) is 0 Å². The number of hydrogen-bond acceptors (Lipinski definition) is 3. The average molecular weight is 273 g/mol. The maximum atomic E-state index is 14.1. The Balaban J connectivity index is 2.31. The molecule has 0 aliphatic rings. The van der Waals surface area contributed by atoms with Gasteiger partial charge in [-0.25, -0.2) is 4.39 Å². The third-order valence-corrected chi connectivity index (χ3v) is 3.24. The Morgan fingerprint density at radius 2 is 1.95 bits per heavy atom. The first-order chi connectivity index (χ1) is 9.49. The molecule has 0 fully saturated rings. The fraction of sp³-hybridized carbons (Fsp3) is 0.312. The third kappa shape index (κ3) is 3.14. The van der Waals surface area contributed by atoms with Gasteiger partial charge < -0.3 is 10.6 Å². The van der Waals surface area contributed by atoms with Gasteiger partial charge in [-0.15, -0.1) is 0 Å². The van der Waals surface area contributed by atoms with Crippen LogP contribution in [0, 0.1) is 12.7 Å². The summed E-state index contributed by atoms with van der Waals surface area (Å²) >= 11 is 0. The largest absolute Gasteiger partial charge is 0.366 e. The van der Waals surface area contributed by atoms with Gasteiger partial charge in [-0.2, -0.15) is 0 Å². The molecule has 0 saturated heterocycles. The van der Waals surface area contributed by atoms with Gasteiger partial charge in [0, 0.05) is 18.8 Å². The van der Waals surface area contributed by atoms with Crippen LogP contribution in [-0.2, 0) is 6.54 Å². The molecule has 0 aliphatic heterocycles. The van der Waals surface area contributed by atoms with Crippen LogP contribution in [0.15, 0.2) is 36.4 Å². The molecule has 1 atom stereocenters. The van der Waals surface area contributed by atoms with Gasteiger partial charge in [0.1, 0.15) is 5.82 Å². The molecule has 4 heteroatoms. The van der Waals surface area contributed by atoms with Crippen LogP contribution in [0.1, 0.15) is 29.9 Å². The molecule has 1 aromatic heterocycles. The molecule has 2 N–H and O–H groups in total. The van der Waals surface area contributed by atoms with Crippen molar-refractivity contribution in [1.82, 2.24) is 4.98 Å². The van der Waals surface area contributed by atoms with E-state index in [9.17, 15) is 4.39 Å². The van der Waals surface area contributed by atoms with E-state index >= 15 is 0 Å². The molecule has 1 unspecified atom stereocenters. The fourth-order valence-corrected chi connectivity index (χ4v) is 2.31. The number of hydrogen-bond donors (Lipinski definition) is 1. The smallest absolute Gasteiger partial charge is 0.146 e. The molecule has 1 heterocycles. The molecule has 2 rings (SSSR count). The molecule has 0 radical (unpaired) electrons. The topological polar surface area (TPSA) is 42.1 Å². The lowest BCUT2D eigenvalue weighted by Crippen LogP contribution is -2.22. The Bertz CT molecular complexity index is 596. The predicted molar refractivity (Wildman–Crippen MR) is 80.1 cm³/mol. The van der Waals surface area contributed by atoms with E-state index in [4.69, 9.17) is 5.73 Å². The highest BCUT2D eigenvalue weighted by Crippen LogP contribution is 2.28. The van der Waals surface area contributed by atoms with Crippen molar-refractivity contribution in [2.45, 2.75) is 26.4 Å². The number of nitrogens with zero attached hydrogens (tertiary/aromatic N) is 2. The van der Waals surface area contributed by atoms with E-state index in [-0.39, 0.29) is 11.9 Å². The molecular weight excluding hydrogens is 253 g/mol. The van der Waals surface area contributed by atoms with Crippen LogP contribution in [-0.4, -0.2) is 12.0 Å². The fourth-order valence-electron chi connectivity index (χ4n) is 2.31. The summed E-state index contributed by atoms with van der Waals surface area (Å²) in [5.74, 6) is -0.255. The van der Waals surface area contributed by atoms with Crippen LogP contribution < -0.4 is 10.6 Å². The summed E-state index contributed by atoms with van der Waals surface area (Å²) in [5.41, 5.74) is 9.15. The Morgan fingerprint density at radius 3 is 2.60 bits per heavy atom. The van der Waals surface area contributed by atoms with Gasteiger partial charge in [0.15, 0.2) is 0 Å². The lowest BCUT2D eigenvalue weighted by Gasteiger charge is -2.24. The highest BCUT2D eigenvalue weighted by molar-refractivity contribution is 5.55. The quantitative estimate of drug-likeness (QED) is 0.930. The summed E-state index contributed by atoms with van der Waals surface area (Å²) in [6.07, 6.45) is 0. The van der Waals surface area contributed by atoms with E-state index in [0.717, 1.165) is 17.0 Å². The minimum Gasteiger partial charge on any atom is -0.366 e. The molecule has 2 aromatic rings. The van der Waals surface area contributed by atoms with Gasteiger partial charge in [0.05, 0.1) is 17.9 Å². The highest BCUT2D eigenvalue weighted by Gasteiger charge is 2.16. The van der Waals surface area contributed by atoms with Gasteiger partial charge >= 0.3 is 0 Å². The van der Waals surface area contributed by atoms with Crippen LogP contribution in [0.2, 0.25) is 0 Å². The number of aryl methyl sites for hydroxylation is 1. The van der Waals surface area contributed by atoms with E-state index in [2.05, 4.69) is 4.98 Å². The minimum atomic E-state index is -0.255. The van der Waals surface area contributed by atoms with Crippen molar-refractivity contribution in [3.8, 4) is 0 Å². The zero-order chi connectivity index (χ0) is 14.7. The Labute approximate surface area is 119 Å². The number of para-hydroxylation sites is 1. The first-order valence-corrected chi connectivity index (χ1v) is 6.66. The Hall–Kier alpha value is -1.94. The summed E-state index contributed by atoms with van der Waals surface area (Å²) in [6, 6.07) is 10.6. The second-order valence-corrected chi connectivity index (χ2v) is 5.09. The van der Waals surface area contributed by atoms with Crippen molar-refractivity contribution < 1.29 is 4.39 Å². The standard InChI is InChI=1S/C16H20FN3/c1-11-6-4-7-13(19-11)10-20(3)16-14(12(2)18)8-5-9-15(16)17/h4-9,12H,10,18H2,1-3H3. The molecule has 0 aliphatic carbocycles. The number of pyridine rings is 1. The van der Waals surface area contributed by atoms with Crippen molar-refractivity contribution in [3.63, 3.8) is 0 Å². The molecule has 0 saturated carbocycles. The second kappa shape index (κ2) is 6.01. The first-order valence-electron chi connectivity index (χ1n) is 6.66. The highest BCUT2D eigenvalue weighted by atomic mass is 19.1. The zero-order valence-corrected chi connectivity index (χ0v) is 12.1. The molecule has 0 bridgehead atoms. The molecular formula is C16H20FN3. The molecule has 1 aromatic carbocycles. The van der Waals surface area contributed by atoms with E-state index in [0.29, 0.717) is 12.2 Å². The molecule has 0 spiro atoms. The molecule has 0 amide bonds. The summed E-state index contributed by atoms with van der Waals surface area (Å²) in [7, 11) is 1.86. The normalized spacial score (nSPS) is 12.2. The molecule has 20 heavy (non-hydrogen) atoms. The number of benzene rings is 1. The van der Waals surface area contributed by atoms with Crippen LogP contribution in [0.3, 0.4) is 0 Å². The molecule has 3 nitrogen and oxygen atoms in total. The van der Waals surface area contributed by atoms with Gasteiger partial charge in [-0.1, -0.05) is 18.2 Å². The summed E-state index contributed by atoms with van der Waals surface area (Å²) < 4.78 is 14.1. The Kier molecular flexibility index (Phi) is 4.35. The summed E-state index contributed by atoms with van der Waals surface area (Å²) in [5, 5.41) is 0. The van der Waals surface area contributed by atoms with Gasteiger partial charge in [-0.05, 0) is 37.6 Å². The number of rotatable bonds is 4. The third-order valence-electron chi connectivity index (χ3n) is 3.24. The summed E-state index contributed by atoms with van der Waals surface area (Å²) in [6.45, 7) is 4.35. The average Bonchev–Trinajstić information content (AvgIpc) is 2.38. The number of nitrogens with two attached hydrogens (primary N) is 1. The lowest BCUT2D eigenvalue weighted by molar-refractivity contribution is 0.615. The van der Waals surface area contributed by atoms with Crippen molar-refractivity contribution >= 4 is 5.69 Å². The van der Waals surface area contributed by atoms with Crippen LogP contribution in [0.5, 0.6) is 0 Å². The monoisotopic (exact) mass is 273 g/mol. The van der Waals surface area contributed by atoms with Crippen LogP contribution in [0.4, 0.5) is 10.1 Å². The maximum Gasteiger partial charge on any atom is 0.146 e. The number of aromatic nitrogens is 1. The number of anilines is 1. The lowest BCUT2D eigenvalue weighted by atomic mass is 10.1. The first kappa shape index (κ1) is 14.5. The SMILES string of the molecule is Cc1cccc(CN(C)c2c(F)cccc2C(C)N)n1. The van der Waals surface area contributed by atoms with Crippen molar-refractivity contribution in [2.75, 3.05) is 11.9 Å². The molecule has 106 valence electrons. The van der Waals surface area contributed by atoms with E-state index in [1.54, 1.807) is 6.07 Å². The summed E-state index contributed by atoms with van der Waals surface area (Å²) in [4.78, 5) is 6.30. The van der Waals surface area contributed by atoms with E-state index < -0.39 is 0 Å². The van der Waals surface area contributed by atoms with E-state index in [1.165, 1.54) is 6.07 Å². The predicted octanol–water partition coefficient (Wildman–Crippen LogP) is 3.19. The number of halogens is 1. The zero-order valence-electron chi connectivity index (χ0n) is 12.1.